The Balaban J connectivity index is 1.11. The number of hydrogen-bond acceptors (Lipinski definition) is 12. The van der Waals surface area contributed by atoms with Gasteiger partial charge in [0.1, 0.15) is 25.3 Å². The van der Waals surface area contributed by atoms with Gasteiger partial charge in [0.05, 0.1) is 19.8 Å². The van der Waals surface area contributed by atoms with Gasteiger partial charge in [-0.25, -0.2) is 14.2 Å². The monoisotopic (exact) mass is 930 g/mol. The molecule has 0 saturated heterocycles. The van der Waals surface area contributed by atoms with Crippen LogP contribution in [0.1, 0.15) is 47.2 Å². The average Bonchev–Trinajstić information content (AvgIpc) is 3.68. The Hall–Kier alpha value is -7.16. The summed E-state index contributed by atoms with van der Waals surface area (Å²) in [5.74, 6) is -2.60. The quantitative estimate of drug-likeness (QED) is 0.0517. The molecule has 1 aliphatic rings. The molecule has 0 radical (unpaired) electrons. The molecule has 67 heavy (non-hydrogen) atoms. The highest BCUT2D eigenvalue weighted by molar-refractivity contribution is 7.48. The van der Waals surface area contributed by atoms with Crippen molar-refractivity contribution in [1.29, 1.82) is 0 Å². The minimum atomic E-state index is -4.36. The number of ether oxygens (including phenoxy) is 5. The fraction of sp³-hybridized carbons (Fsp3) is 0.235. The number of fused-ring (bicyclic) bond motifs is 1. The van der Waals surface area contributed by atoms with Crippen LogP contribution in [0.5, 0.6) is 23.0 Å². The van der Waals surface area contributed by atoms with Crippen LogP contribution in [0.4, 0.5) is 4.79 Å². The van der Waals surface area contributed by atoms with Crippen molar-refractivity contribution >= 4 is 25.8 Å². The van der Waals surface area contributed by atoms with E-state index in [1.54, 1.807) is 68.4 Å². The molecule has 1 aliphatic heterocycles. The summed E-state index contributed by atoms with van der Waals surface area (Å²) in [6.07, 6.45) is -1.21. The number of carboxylic acid groups (broad SMARTS) is 1. The van der Waals surface area contributed by atoms with Crippen LogP contribution in [0.25, 0.3) is 0 Å². The van der Waals surface area contributed by atoms with Gasteiger partial charge in [0, 0.05) is 19.8 Å². The Morgan fingerprint density at radius 2 is 1.10 bits per heavy atom. The van der Waals surface area contributed by atoms with Crippen molar-refractivity contribution in [3.63, 3.8) is 0 Å². The molecule has 1 unspecified atom stereocenters. The summed E-state index contributed by atoms with van der Waals surface area (Å²) in [7, 11) is -4.36. The lowest BCUT2D eigenvalue weighted by Gasteiger charge is -2.23. The van der Waals surface area contributed by atoms with Crippen molar-refractivity contribution in [3.05, 3.63) is 191 Å². The molecule has 0 fully saturated rings. The van der Waals surface area contributed by atoms with Crippen molar-refractivity contribution < 1.29 is 61.3 Å². The number of nitrogens with one attached hydrogen (secondary N) is 2. The molecule has 0 saturated carbocycles. The summed E-state index contributed by atoms with van der Waals surface area (Å²) in [5, 5.41) is 15.7. The van der Waals surface area contributed by atoms with Crippen molar-refractivity contribution in [2.24, 2.45) is 0 Å². The van der Waals surface area contributed by atoms with Crippen LogP contribution in [-0.2, 0) is 71.9 Å². The summed E-state index contributed by atoms with van der Waals surface area (Å²) in [4.78, 5) is 40.2. The molecule has 1 heterocycles. The van der Waals surface area contributed by atoms with E-state index in [0.717, 1.165) is 22.3 Å². The number of hydrogen-bond donors (Lipinski definition) is 3. The van der Waals surface area contributed by atoms with Gasteiger partial charge in [-0.15, -0.1) is 0 Å². The van der Waals surface area contributed by atoms with Crippen LogP contribution in [0.3, 0.4) is 0 Å². The molecule has 3 N–H and O–H groups in total. The molecule has 7 rings (SSSR count). The molecule has 16 heteroatoms. The summed E-state index contributed by atoms with van der Waals surface area (Å²) in [6.45, 7) is 3.58. The predicted octanol–water partition coefficient (Wildman–Crippen LogP) is 9.32. The van der Waals surface area contributed by atoms with Gasteiger partial charge in [0.25, 0.3) is 0 Å². The highest BCUT2D eigenvalue weighted by Crippen LogP contribution is 2.53. The van der Waals surface area contributed by atoms with Crippen molar-refractivity contribution in [2.45, 2.75) is 71.2 Å². The van der Waals surface area contributed by atoms with Gasteiger partial charge >= 0.3 is 25.9 Å². The topological polar surface area (TPSA) is 186 Å². The van der Waals surface area contributed by atoms with Crippen LogP contribution >= 0.6 is 7.82 Å². The first kappa shape index (κ1) is 47.8. The Bertz CT molecular complexity index is 2580. The molecule has 15 nitrogen and oxygen atoms in total. The van der Waals surface area contributed by atoms with Gasteiger partial charge < -0.3 is 43.9 Å². The molecule has 348 valence electrons. The number of carbonyl (C=O) groups is 3. The Kier molecular flexibility index (Phi) is 16.3. The molecule has 0 bridgehead atoms. The zero-order valence-corrected chi connectivity index (χ0v) is 37.8. The molecule has 0 aliphatic carbocycles. The van der Waals surface area contributed by atoms with Gasteiger partial charge in [0.2, 0.25) is 5.91 Å². The van der Waals surface area contributed by atoms with Crippen LogP contribution < -0.4 is 29.4 Å². The van der Waals surface area contributed by atoms with E-state index < -0.39 is 43.8 Å². The third kappa shape index (κ3) is 14.2. The Labute approximate surface area is 388 Å². The molecule has 6 aromatic rings. The molecule has 2 amide bonds. The SMILES string of the molecule is CCOC1(C)Oc2ccc(C[C@H](NC(=O)OCc3ccccc3)C(=O)N[C@@H](Cc3ccc(OP(=O)(OCc4ccccc4)OCc4ccccc4)c(OCc4ccccc4)c3)C(=O)O)cc2O1. The van der Waals surface area contributed by atoms with Crippen molar-refractivity contribution in [1.82, 2.24) is 10.6 Å². The molecule has 3 atom stereocenters. The van der Waals surface area contributed by atoms with E-state index in [4.69, 9.17) is 37.3 Å². The number of amides is 2. The first-order valence-corrected chi connectivity index (χ1v) is 23.0. The third-order valence-electron chi connectivity index (χ3n) is 10.2. The molecule has 0 spiro atoms. The molecule has 0 aromatic heterocycles. The largest absolute Gasteiger partial charge is 0.530 e. The Morgan fingerprint density at radius 3 is 1.67 bits per heavy atom. The lowest BCUT2D eigenvalue weighted by Crippen LogP contribution is -2.53. The minimum absolute atomic E-state index is 0.00336. The van der Waals surface area contributed by atoms with Crippen molar-refractivity contribution in [2.75, 3.05) is 6.61 Å². The number of phosphoric acid groups is 1. The maximum Gasteiger partial charge on any atom is 0.530 e. The zero-order chi connectivity index (χ0) is 47.1. The van der Waals surface area contributed by atoms with E-state index in [1.807, 2.05) is 97.1 Å². The lowest BCUT2D eigenvalue weighted by molar-refractivity contribution is -0.266. The third-order valence-corrected chi connectivity index (χ3v) is 11.6. The maximum absolute atomic E-state index is 14.4. The summed E-state index contributed by atoms with van der Waals surface area (Å²) >= 11 is 0. The first-order chi connectivity index (χ1) is 32.4. The average molecular weight is 931 g/mol. The first-order valence-electron chi connectivity index (χ1n) is 21.6. The molecular formula is C51H51N2O13P. The number of aliphatic carboxylic acids is 1. The van der Waals surface area contributed by atoms with Crippen LogP contribution in [-0.4, -0.2) is 47.7 Å². The normalized spacial score (nSPS) is 14.9. The second-order valence-electron chi connectivity index (χ2n) is 15.5. The van der Waals surface area contributed by atoms with E-state index >= 15 is 0 Å². The van der Waals surface area contributed by atoms with Gasteiger partial charge in [-0.3, -0.25) is 13.8 Å². The number of carboxylic acids is 1. The van der Waals surface area contributed by atoms with E-state index in [1.165, 1.54) is 6.07 Å². The fourth-order valence-corrected chi connectivity index (χ4v) is 8.10. The van der Waals surface area contributed by atoms with Crippen molar-refractivity contribution in [3.8, 4) is 23.0 Å². The summed E-state index contributed by atoms with van der Waals surface area (Å²) in [5.41, 5.74) is 3.97. The van der Waals surface area contributed by atoms with Crippen LogP contribution in [0.2, 0.25) is 0 Å². The fourth-order valence-electron chi connectivity index (χ4n) is 6.91. The summed E-state index contributed by atoms with van der Waals surface area (Å²) in [6, 6.07) is 43.3. The van der Waals surface area contributed by atoms with E-state index in [2.05, 4.69) is 10.6 Å². The molecule has 6 aromatic carbocycles. The Morgan fingerprint density at radius 1 is 0.597 bits per heavy atom. The second-order valence-corrected chi connectivity index (χ2v) is 17.1. The van der Waals surface area contributed by atoms with Crippen LogP contribution in [0.15, 0.2) is 158 Å². The van der Waals surface area contributed by atoms with Crippen LogP contribution in [0, 0.1) is 0 Å². The predicted molar refractivity (Wildman–Crippen MR) is 246 cm³/mol. The number of carbonyl (C=O) groups excluding carboxylic acids is 2. The van der Waals surface area contributed by atoms with E-state index in [0.29, 0.717) is 29.2 Å². The number of alkyl carbamates (subject to hydrolysis) is 1. The number of benzene rings is 6. The highest BCUT2D eigenvalue weighted by Gasteiger charge is 2.38. The number of rotatable bonds is 23. The second kappa shape index (κ2) is 22.8. The zero-order valence-electron chi connectivity index (χ0n) is 36.9. The van der Waals surface area contributed by atoms with E-state index in [-0.39, 0.29) is 50.8 Å². The maximum atomic E-state index is 14.4. The minimum Gasteiger partial charge on any atom is -0.485 e. The van der Waals surface area contributed by atoms with Gasteiger partial charge in [-0.1, -0.05) is 133 Å². The van der Waals surface area contributed by atoms with Gasteiger partial charge in [-0.2, -0.15) is 0 Å². The van der Waals surface area contributed by atoms with Gasteiger partial charge in [0.15, 0.2) is 23.0 Å². The molecular weight excluding hydrogens is 880 g/mol. The smallest absolute Gasteiger partial charge is 0.485 e. The lowest BCUT2D eigenvalue weighted by atomic mass is 10.0. The van der Waals surface area contributed by atoms with E-state index in [9.17, 15) is 24.1 Å². The number of phosphoric ester groups is 1. The standard InChI is InChI=1S/C51H51N2O13P/c1-3-61-51(2)64-44-26-24-40(31-47(44)65-51)28-42(53-50(57)60-33-37-18-10-5-11-19-37)48(54)52-43(49(55)56)29-41-25-27-45(46(30-41)59-32-36-16-8-4-9-17-36)66-67(58,62-34-38-20-12-6-13-21-38)63-35-39-22-14-7-15-23-39/h4-27,30-31,42-43H,3,28-29,32-35H2,1-2H3,(H,52,54)(H,53,57)(H,55,56)/t42-,43-,51?/m0/s1. The van der Waals surface area contributed by atoms with Gasteiger partial charge in [-0.05, 0) is 64.6 Å². The summed E-state index contributed by atoms with van der Waals surface area (Å²) < 4.78 is 61.3. The highest BCUT2D eigenvalue weighted by atomic mass is 31.2.